The predicted molar refractivity (Wildman–Crippen MR) is 95.3 cm³/mol. The number of ether oxygens (including phenoxy) is 1. The molecule has 6 heteroatoms. The number of anilines is 1. The molecule has 0 spiro atoms. The lowest BCUT2D eigenvalue weighted by Crippen LogP contribution is -2.28. The Bertz CT molecular complexity index is 573. The summed E-state index contributed by atoms with van der Waals surface area (Å²) in [4.78, 5) is 16.5. The monoisotopic (exact) mass is 337 g/mol. The van der Waals surface area contributed by atoms with Gasteiger partial charge in [0.05, 0.1) is 12.2 Å². The first-order valence-electron chi connectivity index (χ1n) is 9.24. The van der Waals surface area contributed by atoms with Crippen LogP contribution in [0.2, 0.25) is 0 Å². The molecule has 136 valence electrons. The summed E-state index contributed by atoms with van der Waals surface area (Å²) < 4.78 is 7.27. The third-order valence-electron chi connectivity index (χ3n) is 4.62. The van der Waals surface area contributed by atoms with Crippen molar-refractivity contribution in [1.82, 2.24) is 9.55 Å². The Hall–Kier alpha value is -1.40. The number of hydrogen-bond acceptors (Lipinski definition) is 5. The van der Waals surface area contributed by atoms with Crippen molar-refractivity contribution < 1.29 is 9.84 Å². The lowest BCUT2D eigenvalue weighted by atomic mass is 10.1. The molecule has 3 atom stereocenters. The van der Waals surface area contributed by atoms with Crippen molar-refractivity contribution in [2.75, 3.05) is 11.9 Å². The second-order valence-electron chi connectivity index (χ2n) is 6.64. The predicted octanol–water partition coefficient (Wildman–Crippen LogP) is 2.99. The first-order chi connectivity index (χ1) is 11.6. The van der Waals surface area contributed by atoms with Crippen LogP contribution in [0.5, 0.6) is 0 Å². The fourth-order valence-electron chi connectivity index (χ4n) is 3.14. The molecule has 2 heterocycles. The van der Waals surface area contributed by atoms with Gasteiger partial charge in [0.25, 0.3) is 0 Å². The number of aryl methyl sites for hydroxylation is 1. The van der Waals surface area contributed by atoms with Gasteiger partial charge in [-0.2, -0.15) is 4.98 Å². The van der Waals surface area contributed by atoms with Crippen molar-refractivity contribution in [2.45, 2.75) is 84.2 Å². The Morgan fingerprint density at radius 3 is 2.75 bits per heavy atom. The molecule has 1 aromatic rings. The second kappa shape index (κ2) is 9.18. The van der Waals surface area contributed by atoms with Crippen molar-refractivity contribution in [3.05, 3.63) is 22.2 Å². The first-order valence-corrected chi connectivity index (χ1v) is 9.24. The smallest absolute Gasteiger partial charge is 0.351 e. The number of aromatic nitrogens is 2. The molecule has 2 rings (SSSR count). The quantitative estimate of drug-likeness (QED) is 0.678. The number of aliphatic hydroxyl groups is 1. The maximum Gasteiger partial charge on any atom is 0.351 e. The molecule has 1 fully saturated rings. The number of nitrogens with zero attached hydrogens (tertiary/aromatic N) is 2. The minimum atomic E-state index is -0.520. The van der Waals surface area contributed by atoms with Crippen LogP contribution in [-0.2, 0) is 4.74 Å². The summed E-state index contributed by atoms with van der Waals surface area (Å²) in [7, 11) is 0. The summed E-state index contributed by atoms with van der Waals surface area (Å²) >= 11 is 0. The number of rotatable bonds is 9. The Balaban J connectivity index is 1.95. The van der Waals surface area contributed by atoms with Gasteiger partial charge in [0.1, 0.15) is 12.0 Å². The van der Waals surface area contributed by atoms with Crippen LogP contribution < -0.4 is 11.0 Å². The average Bonchev–Trinajstić information content (AvgIpc) is 2.94. The van der Waals surface area contributed by atoms with Gasteiger partial charge in [0.15, 0.2) is 0 Å². The van der Waals surface area contributed by atoms with E-state index < -0.39 is 12.3 Å². The molecule has 0 radical (unpaired) electrons. The normalized spacial score (nSPS) is 23.6. The molecule has 0 amide bonds. The van der Waals surface area contributed by atoms with Crippen LogP contribution in [0.1, 0.15) is 70.6 Å². The van der Waals surface area contributed by atoms with Crippen LogP contribution >= 0.6 is 0 Å². The van der Waals surface area contributed by atoms with E-state index in [1.807, 2.05) is 13.8 Å². The molecule has 1 aliphatic rings. The summed E-state index contributed by atoms with van der Waals surface area (Å²) in [5, 5.41) is 13.2. The molecule has 0 aliphatic carbocycles. The Kier molecular flexibility index (Phi) is 7.24. The number of hydrogen-bond donors (Lipinski definition) is 2. The number of aliphatic hydroxyl groups excluding tert-OH is 1. The van der Waals surface area contributed by atoms with E-state index in [0.29, 0.717) is 12.2 Å². The SMILES string of the molecule is CCCCCCCNc1nc(=O)n([C@H]2CC(O)[C@@H](CC)O2)cc1C. The minimum Gasteiger partial charge on any atom is -0.390 e. The van der Waals surface area contributed by atoms with Crippen molar-refractivity contribution in [3.8, 4) is 0 Å². The molecule has 1 unspecified atom stereocenters. The minimum absolute atomic E-state index is 0.205. The topological polar surface area (TPSA) is 76.4 Å². The molecule has 0 aromatic carbocycles. The van der Waals surface area contributed by atoms with Gasteiger partial charge < -0.3 is 15.2 Å². The summed E-state index contributed by atoms with van der Waals surface area (Å²) in [6, 6.07) is 0. The molecular weight excluding hydrogens is 306 g/mol. The first kappa shape index (κ1) is 18.9. The standard InChI is InChI=1S/C18H31N3O3/c1-4-6-7-8-9-10-19-17-13(3)12-21(18(23)20-17)16-11-14(22)15(5-2)24-16/h12,14-16,22H,4-11H2,1-3H3,(H,19,20,23)/t14?,15-,16-/m1/s1. The molecule has 0 bridgehead atoms. The van der Waals surface area contributed by atoms with Crippen LogP contribution in [0.3, 0.4) is 0 Å². The lowest BCUT2D eigenvalue weighted by Gasteiger charge is -2.16. The highest BCUT2D eigenvalue weighted by Crippen LogP contribution is 2.29. The van der Waals surface area contributed by atoms with Gasteiger partial charge in [-0.3, -0.25) is 4.57 Å². The maximum absolute atomic E-state index is 12.3. The molecule has 6 nitrogen and oxygen atoms in total. The van der Waals surface area contributed by atoms with Crippen molar-refractivity contribution in [1.29, 1.82) is 0 Å². The molecule has 1 saturated heterocycles. The fourth-order valence-corrected chi connectivity index (χ4v) is 3.14. The van der Waals surface area contributed by atoms with Gasteiger partial charge in [-0.1, -0.05) is 39.5 Å². The second-order valence-corrected chi connectivity index (χ2v) is 6.64. The Morgan fingerprint density at radius 2 is 2.08 bits per heavy atom. The Morgan fingerprint density at radius 1 is 1.33 bits per heavy atom. The molecule has 2 N–H and O–H groups in total. The molecule has 1 aliphatic heterocycles. The average molecular weight is 337 g/mol. The Labute approximate surface area is 144 Å². The number of nitrogens with one attached hydrogen (secondary N) is 1. The highest BCUT2D eigenvalue weighted by molar-refractivity contribution is 5.41. The van der Waals surface area contributed by atoms with Crippen molar-refractivity contribution >= 4 is 5.82 Å². The maximum atomic E-state index is 12.3. The van der Waals surface area contributed by atoms with Crippen molar-refractivity contribution in [2.24, 2.45) is 0 Å². The number of unbranched alkanes of at least 4 members (excludes halogenated alkanes) is 4. The van der Waals surface area contributed by atoms with Gasteiger partial charge in [0, 0.05) is 24.7 Å². The van der Waals surface area contributed by atoms with Crippen molar-refractivity contribution in [3.63, 3.8) is 0 Å². The van der Waals surface area contributed by atoms with E-state index in [-0.39, 0.29) is 11.8 Å². The lowest BCUT2D eigenvalue weighted by molar-refractivity contribution is -0.0217. The van der Waals surface area contributed by atoms with Gasteiger partial charge in [-0.25, -0.2) is 4.79 Å². The van der Waals surface area contributed by atoms with Crippen LogP contribution in [0.25, 0.3) is 0 Å². The van der Waals surface area contributed by atoms with E-state index >= 15 is 0 Å². The highest BCUT2D eigenvalue weighted by Gasteiger charge is 2.34. The van der Waals surface area contributed by atoms with Crippen LogP contribution in [0.4, 0.5) is 5.82 Å². The zero-order valence-electron chi connectivity index (χ0n) is 15.1. The third-order valence-corrected chi connectivity index (χ3v) is 4.62. The zero-order valence-corrected chi connectivity index (χ0v) is 15.1. The van der Waals surface area contributed by atoms with E-state index in [1.54, 1.807) is 6.20 Å². The van der Waals surface area contributed by atoms with Crippen LogP contribution in [0, 0.1) is 6.92 Å². The summed E-state index contributed by atoms with van der Waals surface area (Å²) in [6.45, 7) is 6.94. The van der Waals surface area contributed by atoms with Gasteiger partial charge >= 0.3 is 5.69 Å². The van der Waals surface area contributed by atoms with E-state index in [9.17, 15) is 9.90 Å². The molecule has 0 saturated carbocycles. The van der Waals surface area contributed by atoms with Gasteiger partial charge in [0.2, 0.25) is 0 Å². The fraction of sp³-hybridized carbons (Fsp3) is 0.778. The molecular formula is C18H31N3O3. The van der Waals surface area contributed by atoms with E-state index in [1.165, 1.54) is 30.3 Å². The van der Waals surface area contributed by atoms with E-state index in [0.717, 1.165) is 24.9 Å². The summed E-state index contributed by atoms with van der Waals surface area (Å²) in [6.07, 6.45) is 7.85. The summed E-state index contributed by atoms with van der Waals surface area (Å²) in [5.41, 5.74) is 0.587. The van der Waals surface area contributed by atoms with E-state index in [2.05, 4.69) is 17.2 Å². The summed E-state index contributed by atoms with van der Waals surface area (Å²) in [5.74, 6) is 0.650. The third kappa shape index (κ3) is 4.80. The van der Waals surface area contributed by atoms with Crippen LogP contribution in [-0.4, -0.2) is 33.4 Å². The molecule has 1 aromatic heterocycles. The van der Waals surface area contributed by atoms with E-state index in [4.69, 9.17) is 4.74 Å². The van der Waals surface area contributed by atoms with Crippen LogP contribution in [0.15, 0.2) is 11.0 Å². The molecule has 24 heavy (non-hydrogen) atoms. The zero-order chi connectivity index (χ0) is 17.5. The van der Waals surface area contributed by atoms with Gasteiger partial charge in [-0.15, -0.1) is 0 Å². The highest BCUT2D eigenvalue weighted by atomic mass is 16.5. The van der Waals surface area contributed by atoms with Gasteiger partial charge in [-0.05, 0) is 19.8 Å². The largest absolute Gasteiger partial charge is 0.390 e.